The molecule has 130 valence electrons. The van der Waals surface area contributed by atoms with Gasteiger partial charge in [0.05, 0.1) is 6.61 Å². The van der Waals surface area contributed by atoms with Crippen LogP contribution in [0.4, 0.5) is 4.79 Å². The van der Waals surface area contributed by atoms with Crippen molar-refractivity contribution in [2.75, 3.05) is 13.2 Å². The zero-order valence-corrected chi connectivity index (χ0v) is 15.1. The van der Waals surface area contributed by atoms with Gasteiger partial charge in [-0.2, -0.15) is 0 Å². The number of benzene rings is 1. The number of aliphatic hydroxyl groups is 1. The lowest BCUT2D eigenvalue weighted by molar-refractivity contribution is 0.0500. The van der Waals surface area contributed by atoms with Gasteiger partial charge in [-0.15, -0.1) is 0 Å². The number of unbranched alkanes of at least 4 members (excludes halogenated alkanes) is 1. The molecule has 23 heavy (non-hydrogen) atoms. The van der Waals surface area contributed by atoms with Gasteiger partial charge >= 0.3 is 6.09 Å². The van der Waals surface area contributed by atoms with E-state index in [1.54, 1.807) is 0 Å². The SMILES string of the molecule is CCCCC(CO)(CNC(=O)OC(C)(C)C)c1cccc(C)c1. The maximum absolute atomic E-state index is 12.0. The molecule has 0 bridgehead atoms. The van der Waals surface area contributed by atoms with E-state index in [0.717, 1.165) is 30.4 Å². The van der Waals surface area contributed by atoms with Crippen LogP contribution >= 0.6 is 0 Å². The lowest BCUT2D eigenvalue weighted by atomic mass is 9.76. The molecule has 0 aliphatic rings. The maximum Gasteiger partial charge on any atom is 0.407 e. The van der Waals surface area contributed by atoms with Crippen LogP contribution in [0.1, 0.15) is 58.1 Å². The first-order chi connectivity index (χ1) is 10.7. The van der Waals surface area contributed by atoms with Crippen molar-refractivity contribution >= 4 is 6.09 Å². The van der Waals surface area contributed by atoms with Gasteiger partial charge in [0, 0.05) is 12.0 Å². The van der Waals surface area contributed by atoms with E-state index in [-0.39, 0.29) is 6.61 Å². The van der Waals surface area contributed by atoms with Crippen LogP contribution < -0.4 is 5.32 Å². The number of nitrogens with one attached hydrogen (secondary N) is 1. The Morgan fingerprint density at radius 2 is 2.00 bits per heavy atom. The molecule has 1 unspecified atom stereocenters. The Morgan fingerprint density at radius 1 is 1.30 bits per heavy atom. The fraction of sp³-hybridized carbons (Fsp3) is 0.632. The van der Waals surface area contributed by atoms with Gasteiger partial charge in [-0.1, -0.05) is 49.6 Å². The number of ether oxygens (including phenoxy) is 1. The molecule has 0 fully saturated rings. The minimum atomic E-state index is -0.529. The Labute approximate surface area is 140 Å². The highest BCUT2D eigenvalue weighted by molar-refractivity contribution is 5.67. The molecule has 0 aliphatic carbocycles. The molecule has 0 saturated carbocycles. The topological polar surface area (TPSA) is 58.6 Å². The van der Waals surface area contributed by atoms with Crippen LogP contribution in [0.3, 0.4) is 0 Å². The summed E-state index contributed by atoms with van der Waals surface area (Å²) >= 11 is 0. The number of hydrogen-bond acceptors (Lipinski definition) is 3. The Kier molecular flexibility index (Phi) is 7.07. The molecule has 0 radical (unpaired) electrons. The number of aliphatic hydroxyl groups excluding tert-OH is 1. The Balaban J connectivity index is 2.93. The van der Waals surface area contributed by atoms with Gasteiger partial charge in [0.25, 0.3) is 0 Å². The minimum Gasteiger partial charge on any atom is -0.444 e. The highest BCUT2D eigenvalue weighted by Crippen LogP contribution is 2.30. The average Bonchev–Trinajstić information content (AvgIpc) is 2.46. The van der Waals surface area contributed by atoms with Crippen molar-refractivity contribution in [1.29, 1.82) is 0 Å². The highest BCUT2D eigenvalue weighted by Gasteiger charge is 2.32. The van der Waals surface area contributed by atoms with E-state index < -0.39 is 17.1 Å². The zero-order valence-electron chi connectivity index (χ0n) is 15.1. The Morgan fingerprint density at radius 3 is 2.52 bits per heavy atom. The van der Waals surface area contributed by atoms with Crippen LogP contribution in [0, 0.1) is 6.92 Å². The van der Waals surface area contributed by atoms with Crippen molar-refractivity contribution < 1.29 is 14.6 Å². The summed E-state index contributed by atoms with van der Waals surface area (Å²) in [7, 11) is 0. The fourth-order valence-electron chi connectivity index (χ4n) is 2.61. The molecule has 0 saturated heterocycles. The largest absolute Gasteiger partial charge is 0.444 e. The van der Waals surface area contributed by atoms with Crippen LogP contribution in [-0.2, 0) is 10.2 Å². The summed E-state index contributed by atoms with van der Waals surface area (Å²) in [4.78, 5) is 12.0. The number of rotatable bonds is 7. The lowest BCUT2D eigenvalue weighted by Crippen LogP contribution is -2.45. The summed E-state index contributed by atoms with van der Waals surface area (Å²) in [6, 6.07) is 8.14. The predicted octanol–water partition coefficient (Wildman–Crippen LogP) is 3.94. The van der Waals surface area contributed by atoms with Gasteiger partial charge in [0.1, 0.15) is 5.60 Å². The summed E-state index contributed by atoms with van der Waals surface area (Å²) in [6.07, 6.45) is 2.41. The minimum absolute atomic E-state index is 0.00769. The maximum atomic E-state index is 12.0. The van der Waals surface area contributed by atoms with Gasteiger partial charge in [-0.25, -0.2) is 4.79 Å². The number of amides is 1. The van der Waals surface area contributed by atoms with Crippen molar-refractivity contribution in [3.8, 4) is 0 Å². The quantitative estimate of drug-likeness (QED) is 0.799. The van der Waals surface area contributed by atoms with Gasteiger partial charge in [0.15, 0.2) is 0 Å². The van der Waals surface area contributed by atoms with E-state index in [1.807, 2.05) is 45.9 Å². The monoisotopic (exact) mass is 321 g/mol. The summed E-state index contributed by atoms with van der Waals surface area (Å²) < 4.78 is 5.31. The van der Waals surface area contributed by atoms with E-state index in [2.05, 4.69) is 18.3 Å². The normalized spacial score (nSPS) is 14.2. The molecule has 1 amide bonds. The average molecular weight is 321 g/mol. The third-order valence-corrected chi connectivity index (χ3v) is 3.91. The van der Waals surface area contributed by atoms with Crippen LogP contribution in [0.15, 0.2) is 24.3 Å². The van der Waals surface area contributed by atoms with Crippen molar-refractivity contribution in [1.82, 2.24) is 5.32 Å². The fourth-order valence-corrected chi connectivity index (χ4v) is 2.61. The second kappa shape index (κ2) is 8.34. The first-order valence-electron chi connectivity index (χ1n) is 8.37. The van der Waals surface area contributed by atoms with Gasteiger partial charge < -0.3 is 15.2 Å². The Hall–Kier alpha value is -1.55. The standard InChI is InChI=1S/C19H31NO3/c1-6-7-11-19(14-21,16-10-8-9-15(2)12-16)13-20-17(22)23-18(3,4)5/h8-10,12,21H,6-7,11,13-14H2,1-5H3,(H,20,22). The first-order valence-corrected chi connectivity index (χ1v) is 8.37. The van der Waals surface area contributed by atoms with Crippen LogP contribution in [-0.4, -0.2) is 30.0 Å². The summed E-state index contributed by atoms with van der Waals surface area (Å²) in [5.41, 5.74) is 1.20. The van der Waals surface area contributed by atoms with Crippen LogP contribution in [0.2, 0.25) is 0 Å². The van der Waals surface area contributed by atoms with E-state index in [4.69, 9.17) is 4.74 Å². The third kappa shape index (κ3) is 6.22. The van der Waals surface area contributed by atoms with Crippen LogP contribution in [0.25, 0.3) is 0 Å². The molecular formula is C19H31NO3. The third-order valence-electron chi connectivity index (χ3n) is 3.91. The molecule has 4 nitrogen and oxygen atoms in total. The molecule has 1 aromatic rings. The second-order valence-corrected chi connectivity index (χ2v) is 7.27. The molecule has 1 rings (SSSR count). The van der Waals surface area contributed by atoms with E-state index in [1.165, 1.54) is 0 Å². The lowest BCUT2D eigenvalue weighted by Gasteiger charge is -2.33. The number of hydrogen-bond donors (Lipinski definition) is 2. The highest BCUT2D eigenvalue weighted by atomic mass is 16.6. The van der Waals surface area contributed by atoms with E-state index >= 15 is 0 Å². The molecule has 1 atom stereocenters. The smallest absolute Gasteiger partial charge is 0.407 e. The number of carbonyl (C=O) groups is 1. The first kappa shape index (κ1) is 19.5. The predicted molar refractivity (Wildman–Crippen MR) is 93.7 cm³/mol. The molecular weight excluding hydrogens is 290 g/mol. The zero-order chi connectivity index (χ0) is 17.5. The molecule has 0 aromatic heterocycles. The molecule has 0 spiro atoms. The van der Waals surface area contributed by atoms with Crippen molar-refractivity contribution in [3.63, 3.8) is 0 Å². The van der Waals surface area contributed by atoms with Gasteiger partial charge in [-0.05, 0) is 39.7 Å². The van der Waals surface area contributed by atoms with Crippen molar-refractivity contribution in [2.45, 2.75) is 64.9 Å². The molecule has 0 heterocycles. The van der Waals surface area contributed by atoms with E-state index in [9.17, 15) is 9.90 Å². The Bertz CT molecular complexity index is 508. The summed E-state index contributed by atoms with van der Waals surface area (Å²) in [5.74, 6) is 0. The van der Waals surface area contributed by atoms with E-state index in [0.29, 0.717) is 6.54 Å². The summed E-state index contributed by atoms with van der Waals surface area (Å²) in [5, 5.41) is 12.9. The molecule has 2 N–H and O–H groups in total. The van der Waals surface area contributed by atoms with Crippen molar-refractivity contribution in [3.05, 3.63) is 35.4 Å². The number of carbonyl (C=O) groups excluding carboxylic acids is 1. The second-order valence-electron chi connectivity index (χ2n) is 7.27. The number of alkyl carbamates (subject to hydrolysis) is 1. The molecule has 4 heteroatoms. The molecule has 0 aliphatic heterocycles. The number of aryl methyl sites for hydroxylation is 1. The van der Waals surface area contributed by atoms with Crippen molar-refractivity contribution in [2.24, 2.45) is 0 Å². The van der Waals surface area contributed by atoms with Crippen LogP contribution in [0.5, 0.6) is 0 Å². The molecule has 1 aromatic carbocycles. The van der Waals surface area contributed by atoms with Gasteiger partial charge in [0.2, 0.25) is 0 Å². The van der Waals surface area contributed by atoms with Gasteiger partial charge in [-0.3, -0.25) is 0 Å². The summed E-state index contributed by atoms with van der Waals surface area (Å²) in [6.45, 7) is 10.0.